The van der Waals surface area contributed by atoms with Crippen molar-refractivity contribution in [3.05, 3.63) is 40.8 Å². The number of amides is 1. The van der Waals surface area contributed by atoms with Crippen molar-refractivity contribution >= 4 is 17.3 Å². The number of hydrogen-bond donors (Lipinski definition) is 1. The molecule has 2 aromatic heterocycles. The second kappa shape index (κ2) is 5.78. The predicted molar refractivity (Wildman–Crippen MR) is 68.3 cm³/mol. The molecule has 1 N–H and O–H groups in total. The Morgan fingerprint density at radius 2 is 2.20 bits per heavy atom. The normalized spacial score (nSPS) is 10.1. The van der Waals surface area contributed by atoms with E-state index in [1.165, 1.54) is 19.5 Å². The van der Waals surface area contributed by atoms with Gasteiger partial charge in [0.15, 0.2) is 0 Å². The highest BCUT2D eigenvalue weighted by molar-refractivity contribution is 5.90. The average molecular weight is 277 g/mol. The number of ether oxygens (including phenoxy) is 1. The Hall–Kier alpha value is -2.97. The molecule has 2 heterocycles. The highest BCUT2D eigenvalue weighted by Crippen LogP contribution is 2.23. The summed E-state index contributed by atoms with van der Waals surface area (Å²) in [5.74, 6) is -0.497. The molecule has 1 amide bonds. The summed E-state index contributed by atoms with van der Waals surface area (Å²) < 4.78 is 5.92. The molecule has 0 saturated heterocycles. The minimum atomic E-state index is -0.622. The molecule has 0 aromatic carbocycles. The van der Waals surface area contributed by atoms with Crippen molar-refractivity contribution in [1.82, 2.24) is 14.8 Å². The van der Waals surface area contributed by atoms with E-state index < -0.39 is 4.92 Å². The van der Waals surface area contributed by atoms with E-state index in [0.29, 0.717) is 5.69 Å². The molecule has 2 aromatic rings. The minimum Gasteiger partial charge on any atom is -0.475 e. The molecule has 2 rings (SSSR count). The van der Waals surface area contributed by atoms with Crippen LogP contribution in [0.2, 0.25) is 0 Å². The topological polar surface area (TPSA) is 112 Å². The molecule has 9 nitrogen and oxygen atoms in total. The highest BCUT2D eigenvalue weighted by Gasteiger charge is 2.21. The molecule has 0 unspecified atom stereocenters. The largest absolute Gasteiger partial charge is 0.475 e. The first-order valence-corrected chi connectivity index (χ1v) is 5.56. The third kappa shape index (κ3) is 3.07. The van der Waals surface area contributed by atoms with Gasteiger partial charge in [-0.3, -0.25) is 24.6 Å². The van der Waals surface area contributed by atoms with Crippen LogP contribution in [0.25, 0.3) is 0 Å². The lowest BCUT2D eigenvalue weighted by Crippen LogP contribution is -2.19. The number of methoxy groups -OCH3 is 1. The van der Waals surface area contributed by atoms with Gasteiger partial charge in [-0.25, -0.2) is 0 Å². The molecular formula is C11H11N5O4. The Labute approximate surface area is 113 Å². The van der Waals surface area contributed by atoms with Crippen LogP contribution in [0.4, 0.5) is 11.4 Å². The fraction of sp³-hybridized carbons (Fsp3) is 0.182. The third-order valence-corrected chi connectivity index (χ3v) is 2.37. The van der Waals surface area contributed by atoms with Crippen molar-refractivity contribution in [1.29, 1.82) is 0 Å². The summed E-state index contributed by atoms with van der Waals surface area (Å²) in [6.45, 7) is -0.160. The smallest absolute Gasteiger partial charge is 0.350 e. The van der Waals surface area contributed by atoms with Gasteiger partial charge in [0.1, 0.15) is 12.7 Å². The zero-order valence-electron chi connectivity index (χ0n) is 10.5. The molecule has 0 aliphatic heterocycles. The predicted octanol–water partition coefficient (Wildman–Crippen LogP) is 0.834. The van der Waals surface area contributed by atoms with E-state index in [-0.39, 0.29) is 24.0 Å². The molecule has 0 spiro atoms. The second-order valence-electron chi connectivity index (χ2n) is 3.76. The van der Waals surface area contributed by atoms with Gasteiger partial charge in [0.25, 0.3) is 0 Å². The van der Waals surface area contributed by atoms with E-state index in [1.54, 1.807) is 12.1 Å². The molecule has 0 atom stereocenters. The van der Waals surface area contributed by atoms with Crippen molar-refractivity contribution in [3.8, 4) is 5.88 Å². The van der Waals surface area contributed by atoms with Gasteiger partial charge in [0.05, 0.1) is 12.0 Å². The van der Waals surface area contributed by atoms with Crippen LogP contribution < -0.4 is 10.1 Å². The van der Waals surface area contributed by atoms with Gasteiger partial charge in [0, 0.05) is 18.1 Å². The number of aromatic nitrogens is 3. The van der Waals surface area contributed by atoms with Crippen LogP contribution in [0.3, 0.4) is 0 Å². The zero-order chi connectivity index (χ0) is 14.5. The fourth-order valence-electron chi connectivity index (χ4n) is 1.53. The van der Waals surface area contributed by atoms with Crippen LogP contribution in [0, 0.1) is 10.1 Å². The number of rotatable bonds is 5. The van der Waals surface area contributed by atoms with Gasteiger partial charge in [-0.05, 0) is 12.1 Å². The van der Waals surface area contributed by atoms with Crippen LogP contribution in [0.15, 0.2) is 30.7 Å². The van der Waals surface area contributed by atoms with Gasteiger partial charge in [-0.1, -0.05) is 0 Å². The number of pyridine rings is 1. The van der Waals surface area contributed by atoms with Crippen molar-refractivity contribution in [2.24, 2.45) is 0 Å². The first kappa shape index (κ1) is 13.5. The summed E-state index contributed by atoms with van der Waals surface area (Å²) >= 11 is 0. The molecular weight excluding hydrogens is 266 g/mol. The van der Waals surface area contributed by atoms with Crippen molar-refractivity contribution in [2.45, 2.75) is 6.54 Å². The van der Waals surface area contributed by atoms with Crippen LogP contribution in [0.1, 0.15) is 0 Å². The lowest BCUT2D eigenvalue weighted by molar-refractivity contribution is -0.385. The number of carbonyl (C=O) groups excluding carboxylic acids is 1. The number of nitrogens with one attached hydrogen (secondary N) is 1. The van der Waals surface area contributed by atoms with Gasteiger partial charge < -0.3 is 10.1 Å². The maximum absolute atomic E-state index is 11.8. The molecule has 0 aliphatic rings. The number of hydrogen-bond acceptors (Lipinski definition) is 6. The van der Waals surface area contributed by atoms with E-state index in [4.69, 9.17) is 4.74 Å². The molecule has 20 heavy (non-hydrogen) atoms. The quantitative estimate of drug-likeness (QED) is 0.640. The van der Waals surface area contributed by atoms with Gasteiger partial charge in [0.2, 0.25) is 5.91 Å². The SMILES string of the molecule is COc1nn(CC(=O)Nc2ccncc2)cc1[N+](=O)[O-]. The minimum absolute atomic E-state index is 0.133. The lowest BCUT2D eigenvalue weighted by Gasteiger charge is -2.04. The van der Waals surface area contributed by atoms with Gasteiger partial charge >= 0.3 is 11.6 Å². The number of carbonyl (C=O) groups is 1. The molecule has 0 bridgehead atoms. The monoisotopic (exact) mass is 277 g/mol. The summed E-state index contributed by atoms with van der Waals surface area (Å²) in [5, 5.41) is 17.2. The summed E-state index contributed by atoms with van der Waals surface area (Å²) in [5.41, 5.74) is 0.294. The van der Waals surface area contributed by atoms with Crippen molar-refractivity contribution in [3.63, 3.8) is 0 Å². The Kier molecular flexibility index (Phi) is 3.89. The Morgan fingerprint density at radius 3 is 2.75 bits per heavy atom. The lowest BCUT2D eigenvalue weighted by atomic mass is 10.4. The van der Waals surface area contributed by atoms with Gasteiger partial charge in [-0.15, -0.1) is 5.10 Å². The zero-order valence-corrected chi connectivity index (χ0v) is 10.5. The maximum Gasteiger partial charge on any atom is 0.350 e. The van der Waals surface area contributed by atoms with E-state index in [9.17, 15) is 14.9 Å². The summed E-state index contributed by atoms with van der Waals surface area (Å²) in [4.78, 5) is 25.7. The highest BCUT2D eigenvalue weighted by atomic mass is 16.6. The first-order chi connectivity index (χ1) is 9.60. The van der Waals surface area contributed by atoms with E-state index in [1.807, 2.05) is 0 Å². The Bertz CT molecular complexity index is 625. The summed E-state index contributed by atoms with van der Waals surface area (Å²) in [6.07, 6.45) is 4.22. The standard InChI is InChI=1S/C11H11N5O4/c1-20-11-9(16(18)19)6-15(14-11)7-10(17)13-8-2-4-12-5-3-8/h2-6H,7H2,1H3,(H,12,13,17). The molecule has 104 valence electrons. The van der Waals surface area contributed by atoms with E-state index >= 15 is 0 Å². The Morgan fingerprint density at radius 1 is 1.50 bits per heavy atom. The van der Waals surface area contributed by atoms with Crippen LogP contribution in [0.5, 0.6) is 5.88 Å². The maximum atomic E-state index is 11.8. The Balaban J connectivity index is 2.06. The average Bonchev–Trinajstić information content (AvgIpc) is 2.83. The summed E-state index contributed by atoms with van der Waals surface area (Å²) in [7, 11) is 1.27. The van der Waals surface area contributed by atoms with Crippen LogP contribution in [-0.4, -0.2) is 32.7 Å². The van der Waals surface area contributed by atoms with Crippen LogP contribution in [-0.2, 0) is 11.3 Å². The molecule has 0 aliphatic carbocycles. The number of anilines is 1. The van der Waals surface area contributed by atoms with E-state index in [0.717, 1.165) is 10.9 Å². The van der Waals surface area contributed by atoms with Gasteiger partial charge in [-0.2, -0.15) is 0 Å². The van der Waals surface area contributed by atoms with Crippen molar-refractivity contribution in [2.75, 3.05) is 12.4 Å². The van der Waals surface area contributed by atoms with Crippen molar-refractivity contribution < 1.29 is 14.5 Å². The molecule has 0 radical (unpaired) electrons. The first-order valence-electron chi connectivity index (χ1n) is 5.56. The second-order valence-corrected chi connectivity index (χ2v) is 3.76. The fourth-order valence-corrected chi connectivity index (χ4v) is 1.53. The molecule has 0 saturated carbocycles. The van der Waals surface area contributed by atoms with Crippen LogP contribution >= 0.6 is 0 Å². The third-order valence-electron chi connectivity index (χ3n) is 2.37. The van der Waals surface area contributed by atoms with E-state index in [2.05, 4.69) is 15.4 Å². The summed E-state index contributed by atoms with van der Waals surface area (Å²) in [6, 6.07) is 3.26. The number of nitro groups is 1. The number of nitrogens with zero attached hydrogens (tertiary/aromatic N) is 4. The molecule has 9 heteroatoms. The molecule has 0 fully saturated rings.